The van der Waals surface area contributed by atoms with Crippen LogP contribution in [0.1, 0.15) is 22.7 Å². The van der Waals surface area contributed by atoms with E-state index < -0.39 is 0 Å². The van der Waals surface area contributed by atoms with Gasteiger partial charge in [-0.3, -0.25) is 10.8 Å². The van der Waals surface area contributed by atoms with Gasteiger partial charge in [-0.2, -0.15) is 0 Å². The maximum atomic E-state index is 5.78. The number of hydrogen-bond acceptors (Lipinski definition) is 3. The zero-order chi connectivity index (χ0) is 14.8. The summed E-state index contributed by atoms with van der Waals surface area (Å²) in [6.45, 7) is 2.07. The molecule has 1 unspecified atom stereocenters. The van der Waals surface area contributed by atoms with Gasteiger partial charge in [0, 0.05) is 16.1 Å². The fraction of sp³-hybridized carbons (Fsp3) is 0.118. The maximum Gasteiger partial charge on any atom is 0.0711 e. The molecule has 0 radical (unpaired) electrons. The van der Waals surface area contributed by atoms with E-state index in [1.54, 1.807) is 6.20 Å². The molecule has 0 fully saturated rings. The number of pyridine rings is 1. The Morgan fingerprint density at radius 3 is 2.62 bits per heavy atom. The summed E-state index contributed by atoms with van der Waals surface area (Å²) in [7, 11) is 0. The third-order valence-corrected chi connectivity index (χ3v) is 4.51. The highest BCUT2D eigenvalue weighted by molar-refractivity contribution is 9.10. The lowest BCUT2D eigenvalue weighted by molar-refractivity contribution is 0.637. The van der Waals surface area contributed by atoms with Gasteiger partial charge in [0.05, 0.1) is 11.6 Å². The Bertz CT molecular complexity index is 786. The Hall–Kier alpha value is -1.75. The van der Waals surface area contributed by atoms with Gasteiger partial charge in [0.15, 0.2) is 0 Å². The van der Waals surface area contributed by atoms with E-state index in [2.05, 4.69) is 75.7 Å². The van der Waals surface area contributed by atoms with Crippen LogP contribution in [0.15, 0.2) is 59.2 Å². The molecule has 3 nitrogen and oxygen atoms in total. The van der Waals surface area contributed by atoms with Gasteiger partial charge < -0.3 is 0 Å². The summed E-state index contributed by atoms with van der Waals surface area (Å²) < 4.78 is 1.08. The van der Waals surface area contributed by atoms with E-state index >= 15 is 0 Å². The first-order chi connectivity index (χ1) is 10.2. The number of halogens is 1. The highest BCUT2D eigenvalue weighted by atomic mass is 79.9. The number of hydrogen-bond donors (Lipinski definition) is 2. The van der Waals surface area contributed by atoms with Crippen LogP contribution >= 0.6 is 15.9 Å². The summed E-state index contributed by atoms with van der Waals surface area (Å²) in [5.41, 5.74) is 7.29. The number of nitrogens with zero attached hydrogens (tertiary/aromatic N) is 1. The molecule has 0 spiro atoms. The van der Waals surface area contributed by atoms with Crippen molar-refractivity contribution in [2.45, 2.75) is 13.0 Å². The molecule has 3 N–H and O–H groups in total. The Morgan fingerprint density at radius 2 is 1.86 bits per heavy atom. The van der Waals surface area contributed by atoms with Crippen LogP contribution < -0.4 is 11.3 Å². The molecule has 1 atom stereocenters. The number of aryl methyl sites for hydroxylation is 1. The molecule has 0 aliphatic carbocycles. The Kier molecular flexibility index (Phi) is 4.01. The van der Waals surface area contributed by atoms with Crippen molar-refractivity contribution in [1.29, 1.82) is 0 Å². The molecule has 1 aromatic heterocycles. The first-order valence-electron chi connectivity index (χ1n) is 6.76. The molecule has 3 aromatic rings. The minimum absolute atomic E-state index is 0.0618. The first-order valence-corrected chi connectivity index (χ1v) is 7.55. The molecule has 0 aliphatic heterocycles. The fourth-order valence-corrected chi connectivity index (χ4v) is 2.83. The molecule has 1 heterocycles. The summed E-state index contributed by atoms with van der Waals surface area (Å²) in [6, 6.07) is 16.4. The normalized spacial score (nSPS) is 12.5. The van der Waals surface area contributed by atoms with Crippen LogP contribution in [0.3, 0.4) is 0 Å². The lowest BCUT2D eigenvalue weighted by Gasteiger charge is -2.18. The van der Waals surface area contributed by atoms with E-state index in [-0.39, 0.29) is 6.04 Å². The van der Waals surface area contributed by atoms with Crippen molar-refractivity contribution in [2.24, 2.45) is 5.84 Å². The predicted octanol–water partition coefficient (Wildman–Crippen LogP) is 3.86. The van der Waals surface area contributed by atoms with Gasteiger partial charge in [-0.15, -0.1) is 0 Å². The van der Waals surface area contributed by atoms with Crippen LogP contribution in [0.25, 0.3) is 10.9 Å². The highest BCUT2D eigenvalue weighted by Crippen LogP contribution is 2.27. The van der Waals surface area contributed by atoms with Gasteiger partial charge in [0.2, 0.25) is 0 Å². The van der Waals surface area contributed by atoms with Gasteiger partial charge in [0.1, 0.15) is 0 Å². The molecule has 3 rings (SSSR count). The van der Waals surface area contributed by atoms with Crippen molar-refractivity contribution in [2.75, 3.05) is 0 Å². The smallest absolute Gasteiger partial charge is 0.0711 e. The van der Waals surface area contributed by atoms with Crippen molar-refractivity contribution in [3.63, 3.8) is 0 Å². The molecule has 0 bridgehead atoms. The van der Waals surface area contributed by atoms with Gasteiger partial charge >= 0.3 is 0 Å². The Labute approximate surface area is 132 Å². The zero-order valence-electron chi connectivity index (χ0n) is 11.7. The standard InChI is InChI=1S/C17H16BrN3/c1-11-4-5-13(9-15(11)18)17(21-19)14-7-6-12-3-2-8-20-16(12)10-14/h2-10,17,21H,19H2,1H3. The van der Waals surface area contributed by atoms with Crippen molar-refractivity contribution in [1.82, 2.24) is 10.4 Å². The van der Waals surface area contributed by atoms with Crippen LogP contribution in [0.4, 0.5) is 0 Å². The van der Waals surface area contributed by atoms with Gasteiger partial charge in [-0.1, -0.05) is 46.3 Å². The number of aromatic nitrogens is 1. The first kappa shape index (κ1) is 14.2. The van der Waals surface area contributed by atoms with E-state index in [0.29, 0.717) is 0 Å². The van der Waals surface area contributed by atoms with E-state index in [4.69, 9.17) is 5.84 Å². The second-order valence-corrected chi connectivity index (χ2v) is 5.92. The second kappa shape index (κ2) is 5.93. The predicted molar refractivity (Wildman–Crippen MR) is 89.8 cm³/mol. The van der Waals surface area contributed by atoms with E-state index in [1.807, 2.05) is 6.07 Å². The monoisotopic (exact) mass is 341 g/mol. The van der Waals surface area contributed by atoms with Gasteiger partial charge in [0.25, 0.3) is 0 Å². The van der Waals surface area contributed by atoms with Crippen LogP contribution in [0, 0.1) is 6.92 Å². The van der Waals surface area contributed by atoms with Crippen LogP contribution in [-0.4, -0.2) is 4.98 Å². The summed E-state index contributed by atoms with van der Waals surface area (Å²) in [4.78, 5) is 4.41. The topological polar surface area (TPSA) is 50.9 Å². The second-order valence-electron chi connectivity index (χ2n) is 5.06. The number of hydrazine groups is 1. The summed E-state index contributed by atoms with van der Waals surface area (Å²) in [5.74, 6) is 5.78. The average molecular weight is 342 g/mol. The zero-order valence-corrected chi connectivity index (χ0v) is 13.3. The third kappa shape index (κ3) is 2.83. The molecular formula is C17H16BrN3. The lowest BCUT2D eigenvalue weighted by Crippen LogP contribution is -2.28. The quantitative estimate of drug-likeness (QED) is 0.561. The molecule has 0 saturated heterocycles. The van der Waals surface area contributed by atoms with Crippen molar-refractivity contribution < 1.29 is 0 Å². The van der Waals surface area contributed by atoms with Crippen molar-refractivity contribution in [3.05, 3.63) is 75.9 Å². The largest absolute Gasteiger partial charge is 0.271 e. The molecule has 0 aliphatic rings. The fourth-order valence-electron chi connectivity index (χ4n) is 2.44. The summed E-state index contributed by atoms with van der Waals surface area (Å²) in [6.07, 6.45) is 1.81. The molecular weight excluding hydrogens is 326 g/mol. The molecule has 106 valence electrons. The number of rotatable bonds is 3. The third-order valence-electron chi connectivity index (χ3n) is 3.66. The number of nitrogens with one attached hydrogen (secondary N) is 1. The SMILES string of the molecule is Cc1ccc(C(NN)c2ccc3cccnc3c2)cc1Br. The van der Waals surface area contributed by atoms with E-state index in [0.717, 1.165) is 26.5 Å². The minimum atomic E-state index is -0.0618. The Balaban J connectivity index is 2.06. The molecule has 2 aromatic carbocycles. The lowest BCUT2D eigenvalue weighted by atomic mass is 9.97. The van der Waals surface area contributed by atoms with E-state index in [1.165, 1.54) is 5.56 Å². The summed E-state index contributed by atoms with van der Waals surface area (Å²) >= 11 is 3.57. The van der Waals surface area contributed by atoms with Crippen molar-refractivity contribution >= 4 is 26.8 Å². The average Bonchev–Trinajstić information content (AvgIpc) is 2.51. The number of nitrogens with two attached hydrogens (primary N) is 1. The van der Waals surface area contributed by atoms with Crippen LogP contribution in [0.5, 0.6) is 0 Å². The molecule has 21 heavy (non-hydrogen) atoms. The Morgan fingerprint density at radius 1 is 1.10 bits per heavy atom. The molecule has 0 saturated carbocycles. The molecule has 4 heteroatoms. The molecule has 0 amide bonds. The van der Waals surface area contributed by atoms with Crippen LogP contribution in [0.2, 0.25) is 0 Å². The van der Waals surface area contributed by atoms with Crippen molar-refractivity contribution in [3.8, 4) is 0 Å². The highest BCUT2D eigenvalue weighted by Gasteiger charge is 2.14. The summed E-state index contributed by atoms with van der Waals surface area (Å²) in [5, 5.41) is 1.13. The van der Waals surface area contributed by atoms with E-state index in [9.17, 15) is 0 Å². The minimum Gasteiger partial charge on any atom is -0.271 e. The number of fused-ring (bicyclic) bond motifs is 1. The van der Waals surface area contributed by atoms with Gasteiger partial charge in [-0.05, 0) is 41.8 Å². The van der Waals surface area contributed by atoms with Crippen LogP contribution in [-0.2, 0) is 0 Å². The maximum absolute atomic E-state index is 5.78. The number of benzene rings is 2. The van der Waals surface area contributed by atoms with Gasteiger partial charge in [-0.25, -0.2) is 5.43 Å².